The van der Waals surface area contributed by atoms with Crippen LogP contribution in [0.3, 0.4) is 0 Å². The topological polar surface area (TPSA) is 29.5 Å². The number of hydrogen-bond donors (Lipinski definition) is 1. The minimum absolute atomic E-state index is 0.00106. The van der Waals surface area contributed by atoms with Gasteiger partial charge in [0.25, 0.3) is 0 Å². The predicted octanol–water partition coefficient (Wildman–Crippen LogP) is 4.42. The van der Waals surface area contributed by atoms with Crippen molar-refractivity contribution in [2.45, 2.75) is 6.61 Å². The molecular formula is C13H9Cl2FO2. The SMILES string of the molecule is OCc1ccc(Oc2cccc(Cl)c2F)c(Cl)c1. The van der Waals surface area contributed by atoms with E-state index in [1.54, 1.807) is 24.3 Å². The van der Waals surface area contributed by atoms with Gasteiger partial charge in [-0.15, -0.1) is 0 Å². The van der Waals surface area contributed by atoms with Crippen LogP contribution < -0.4 is 4.74 Å². The van der Waals surface area contributed by atoms with Gasteiger partial charge >= 0.3 is 0 Å². The van der Waals surface area contributed by atoms with Crippen LogP contribution in [0.5, 0.6) is 11.5 Å². The summed E-state index contributed by atoms with van der Waals surface area (Å²) >= 11 is 11.6. The van der Waals surface area contributed by atoms with E-state index in [1.165, 1.54) is 12.1 Å². The summed E-state index contributed by atoms with van der Waals surface area (Å²) in [6.45, 7) is -0.120. The van der Waals surface area contributed by atoms with Gasteiger partial charge in [0, 0.05) is 0 Å². The molecule has 2 rings (SSSR count). The lowest BCUT2D eigenvalue weighted by molar-refractivity contribution is 0.281. The van der Waals surface area contributed by atoms with Crippen molar-refractivity contribution in [1.29, 1.82) is 0 Å². The summed E-state index contributed by atoms with van der Waals surface area (Å²) in [5.74, 6) is -0.336. The number of aliphatic hydroxyl groups is 1. The van der Waals surface area contributed by atoms with E-state index in [-0.39, 0.29) is 17.4 Å². The van der Waals surface area contributed by atoms with Crippen LogP contribution in [0, 0.1) is 5.82 Å². The van der Waals surface area contributed by atoms with Gasteiger partial charge < -0.3 is 9.84 Å². The summed E-state index contributed by atoms with van der Waals surface area (Å²) in [6, 6.07) is 9.23. The first-order valence-corrected chi connectivity index (χ1v) is 5.88. The monoisotopic (exact) mass is 286 g/mol. The third-order valence-electron chi connectivity index (χ3n) is 2.31. The lowest BCUT2D eigenvalue weighted by Gasteiger charge is -2.09. The molecule has 1 N–H and O–H groups in total. The van der Waals surface area contributed by atoms with Gasteiger partial charge in [-0.05, 0) is 29.8 Å². The Bertz CT molecular complexity index is 573. The molecule has 0 atom stereocenters. The molecule has 0 unspecified atom stereocenters. The summed E-state index contributed by atoms with van der Waals surface area (Å²) in [5.41, 5.74) is 0.652. The van der Waals surface area contributed by atoms with Crippen molar-refractivity contribution in [2.75, 3.05) is 0 Å². The lowest BCUT2D eigenvalue weighted by Crippen LogP contribution is -1.91. The van der Waals surface area contributed by atoms with E-state index in [2.05, 4.69) is 0 Å². The average Bonchev–Trinajstić information content (AvgIpc) is 2.37. The zero-order valence-electron chi connectivity index (χ0n) is 9.16. The van der Waals surface area contributed by atoms with Crippen molar-refractivity contribution < 1.29 is 14.2 Å². The smallest absolute Gasteiger partial charge is 0.184 e. The van der Waals surface area contributed by atoms with Crippen LogP contribution in [0.15, 0.2) is 36.4 Å². The highest BCUT2D eigenvalue weighted by molar-refractivity contribution is 6.32. The molecule has 0 aromatic heterocycles. The zero-order chi connectivity index (χ0) is 13.1. The molecule has 0 aliphatic heterocycles. The molecule has 0 heterocycles. The molecule has 5 heteroatoms. The summed E-state index contributed by atoms with van der Waals surface area (Å²) in [6.07, 6.45) is 0. The summed E-state index contributed by atoms with van der Waals surface area (Å²) in [5, 5.41) is 9.22. The van der Waals surface area contributed by atoms with Crippen LogP contribution in [0.4, 0.5) is 4.39 Å². The van der Waals surface area contributed by atoms with Crippen LogP contribution in [-0.2, 0) is 6.61 Å². The molecule has 0 saturated carbocycles. The largest absolute Gasteiger partial charge is 0.453 e. The quantitative estimate of drug-likeness (QED) is 0.905. The highest BCUT2D eigenvalue weighted by Gasteiger charge is 2.10. The van der Waals surface area contributed by atoms with Gasteiger partial charge in [0.05, 0.1) is 16.7 Å². The maximum atomic E-state index is 13.6. The fraction of sp³-hybridized carbons (Fsp3) is 0.0769. The van der Waals surface area contributed by atoms with E-state index in [1.807, 2.05) is 0 Å². The van der Waals surface area contributed by atoms with Gasteiger partial charge in [0.1, 0.15) is 5.75 Å². The average molecular weight is 287 g/mol. The highest BCUT2D eigenvalue weighted by atomic mass is 35.5. The summed E-state index contributed by atoms with van der Waals surface area (Å²) < 4.78 is 19.0. The maximum absolute atomic E-state index is 13.6. The van der Waals surface area contributed by atoms with Crippen molar-refractivity contribution in [3.63, 3.8) is 0 Å². The second kappa shape index (κ2) is 5.57. The molecule has 0 amide bonds. The third kappa shape index (κ3) is 2.75. The van der Waals surface area contributed by atoms with E-state index in [0.717, 1.165) is 0 Å². The fourth-order valence-corrected chi connectivity index (χ4v) is 1.81. The van der Waals surface area contributed by atoms with Crippen molar-refractivity contribution >= 4 is 23.2 Å². The molecule has 18 heavy (non-hydrogen) atoms. The molecule has 0 radical (unpaired) electrons. The number of rotatable bonds is 3. The number of aliphatic hydroxyl groups excluding tert-OH is 1. The second-order valence-corrected chi connectivity index (χ2v) is 4.39. The number of halogens is 3. The Morgan fingerprint density at radius 1 is 1.06 bits per heavy atom. The first-order valence-electron chi connectivity index (χ1n) is 5.13. The van der Waals surface area contributed by atoms with Crippen LogP contribution >= 0.6 is 23.2 Å². The van der Waals surface area contributed by atoms with E-state index in [9.17, 15) is 4.39 Å². The molecular weight excluding hydrogens is 278 g/mol. The van der Waals surface area contributed by atoms with Crippen LogP contribution in [-0.4, -0.2) is 5.11 Å². The zero-order valence-corrected chi connectivity index (χ0v) is 10.7. The molecule has 2 nitrogen and oxygen atoms in total. The molecule has 0 fully saturated rings. The van der Waals surface area contributed by atoms with Crippen molar-refractivity contribution in [2.24, 2.45) is 0 Å². The maximum Gasteiger partial charge on any atom is 0.184 e. The number of ether oxygens (including phenoxy) is 1. The van der Waals surface area contributed by atoms with Crippen LogP contribution in [0.25, 0.3) is 0 Å². The van der Waals surface area contributed by atoms with Gasteiger partial charge in [-0.25, -0.2) is 4.39 Å². The number of benzene rings is 2. The van der Waals surface area contributed by atoms with E-state index < -0.39 is 5.82 Å². The van der Waals surface area contributed by atoms with E-state index in [4.69, 9.17) is 33.0 Å². The minimum Gasteiger partial charge on any atom is -0.453 e. The summed E-state index contributed by atoms with van der Waals surface area (Å²) in [4.78, 5) is 0. The van der Waals surface area contributed by atoms with Crippen molar-refractivity contribution in [1.82, 2.24) is 0 Å². The first kappa shape index (κ1) is 13.1. The number of hydrogen-bond acceptors (Lipinski definition) is 2. The molecule has 94 valence electrons. The second-order valence-electron chi connectivity index (χ2n) is 3.58. The van der Waals surface area contributed by atoms with Gasteiger partial charge in [-0.2, -0.15) is 0 Å². The Kier molecular flexibility index (Phi) is 4.07. The fourth-order valence-electron chi connectivity index (χ4n) is 1.41. The lowest BCUT2D eigenvalue weighted by atomic mass is 10.2. The van der Waals surface area contributed by atoms with Gasteiger partial charge in [0.15, 0.2) is 11.6 Å². The highest BCUT2D eigenvalue weighted by Crippen LogP contribution is 2.33. The molecule has 0 spiro atoms. The Morgan fingerprint density at radius 2 is 1.83 bits per heavy atom. The van der Waals surface area contributed by atoms with Crippen LogP contribution in [0.2, 0.25) is 10.0 Å². The molecule has 2 aromatic carbocycles. The summed E-state index contributed by atoms with van der Waals surface area (Å²) in [7, 11) is 0. The van der Waals surface area contributed by atoms with Gasteiger partial charge in [-0.1, -0.05) is 35.3 Å². The Morgan fingerprint density at radius 3 is 2.50 bits per heavy atom. The molecule has 0 aliphatic carbocycles. The van der Waals surface area contributed by atoms with Crippen molar-refractivity contribution in [3.05, 3.63) is 57.8 Å². The van der Waals surface area contributed by atoms with E-state index >= 15 is 0 Å². The first-order chi connectivity index (χ1) is 8.61. The Labute approximate surface area is 114 Å². The molecule has 0 saturated heterocycles. The van der Waals surface area contributed by atoms with Gasteiger partial charge in [0.2, 0.25) is 0 Å². The standard InChI is InChI=1S/C13H9Cl2FO2/c14-9-2-1-3-12(13(9)16)18-11-5-4-8(7-17)6-10(11)15/h1-6,17H,7H2. The Hall–Kier alpha value is -1.29. The third-order valence-corrected chi connectivity index (χ3v) is 2.90. The minimum atomic E-state index is -0.638. The molecule has 0 bridgehead atoms. The van der Waals surface area contributed by atoms with Crippen LogP contribution in [0.1, 0.15) is 5.56 Å². The molecule has 0 aliphatic rings. The normalized spacial score (nSPS) is 10.4. The van der Waals surface area contributed by atoms with Gasteiger partial charge in [-0.3, -0.25) is 0 Å². The molecule has 2 aromatic rings. The Balaban J connectivity index is 2.31. The predicted molar refractivity (Wildman–Crippen MR) is 68.9 cm³/mol. The van der Waals surface area contributed by atoms with Crippen molar-refractivity contribution in [3.8, 4) is 11.5 Å². The van der Waals surface area contributed by atoms with E-state index in [0.29, 0.717) is 16.3 Å².